The molecule has 0 aliphatic rings. The summed E-state index contributed by atoms with van der Waals surface area (Å²) in [5, 5.41) is 4.96. The Morgan fingerprint density at radius 1 is 1.38 bits per heavy atom. The minimum Gasteiger partial charge on any atom is -0.317 e. The third-order valence-electron chi connectivity index (χ3n) is 3.32. The lowest BCUT2D eigenvalue weighted by Crippen LogP contribution is -2.18. The fraction of sp³-hybridized carbons (Fsp3) is 0.250. The van der Waals surface area contributed by atoms with Gasteiger partial charge in [-0.2, -0.15) is 4.99 Å². The van der Waals surface area contributed by atoms with E-state index in [1.807, 2.05) is 11.5 Å². The van der Waals surface area contributed by atoms with Crippen LogP contribution >= 0.6 is 34.4 Å². The van der Waals surface area contributed by atoms with Gasteiger partial charge in [0.2, 0.25) is 5.91 Å². The highest BCUT2D eigenvalue weighted by atomic mass is 32.2. The van der Waals surface area contributed by atoms with Gasteiger partial charge >= 0.3 is 0 Å². The lowest BCUT2D eigenvalue weighted by Gasteiger charge is -2.01. The summed E-state index contributed by atoms with van der Waals surface area (Å²) in [6, 6.07) is 4.52. The van der Waals surface area contributed by atoms with E-state index in [-0.39, 0.29) is 29.1 Å². The number of thioether (sulfide) groups is 1. The molecule has 0 aliphatic heterocycles. The normalized spacial score (nSPS) is 11.8. The number of rotatable bonds is 6. The average molecular weight is 411 g/mol. The Hall–Kier alpha value is -2.04. The number of benzene rings is 1. The van der Waals surface area contributed by atoms with Gasteiger partial charge in [0.15, 0.2) is 9.93 Å². The summed E-state index contributed by atoms with van der Waals surface area (Å²) in [5.41, 5.74) is 0.848. The van der Waals surface area contributed by atoms with Crippen LogP contribution in [0, 0.1) is 5.82 Å². The highest BCUT2D eigenvalue weighted by Gasteiger charge is 2.09. The van der Waals surface area contributed by atoms with E-state index in [2.05, 4.69) is 15.3 Å². The van der Waals surface area contributed by atoms with Crippen molar-refractivity contribution in [1.29, 1.82) is 0 Å². The van der Waals surface area contributed by atoms with Crippen molar-refractivity contribution in [2.24, 2.45) is 4.99 Å². The van der Waals surface area contributed by atoms with E-state index in [4.69, 9.17) is 0 Å². The van der Waals surface area contributed by atoms with E-state index in [1.165, 1.54) is 46.6 Å². The molecule has 26 heavy (non-hydrogen) atoms. The number of amides is 2. The van der Waals surface area contributed by atoms with E-state index in [0.717, 1.165) is 10.2 Å². The van der Waals surface area contributed by atoms with Gasteiger partial charge in [0.25, 0.3) is 5.91 Å². The number of carbonyl (C=O) groups excluding carboxylic acids is 2. The van der Waals surface area contributed by atoms with E-state index in [1.54, 1.807) is 17.6 Å². The lowest BCUT2D eigenvalue weighted by molar-refractivity contribution is -0.115. The van der Waals surface area contributed by atoms with Crippen molar-refractivity contribution in [2.45, 2.75) is 13.5 Å². The molecule has 0 atom stereocenters. The van der Waals surface area contributed by atoms with E-state index < -0.39 is 0 Å². The van der Waals surface area contributed by atoms with Crippen molar-refractivity contribution in [3.63, 3.8) is 0 Å². The third kappa shape index (κ3) is 4.57. The van der Waals surface area contributed by atoms with Gasteiger partial charge in [0.05, 0.1) is 21.7 Å². The number of carbonyl (C=O) groups is 2. The molecule has 0 saturated heterocycles. The Bertz CT molecular complexity index is 995. The number of nitrogens with one attached hydrogen (secondary N) is 1. The summed E-state index contributed by atoms with van der Waals surface area (Å²) < 4.78 is 16.0. The molecule has 136 valence electrons. The first-order valence-corrected chi connectivity index (χ1v) is 10.6. The maximum atomic E-state index is 13.4. The number of thiazole rings is 2. The van der Waals surface area contributed by atoms with Crippen molar-refractivity contribution in [3.05, 3.63) is 40.4 Å². The summed E-state index contributed by atoms with van der Waals surface area (Å²) >= 11 is 3.80. The van der Waals surface area contributed by atoms with Crippen molar-refractivity contribution in [1.82, 2.24) is 9.55 Å². The van der Waals surface area contributed by atoms with Gasteiger partial charge in [-0.15, -0.1) is 23.1 Å². The molecule has 2 aromatic heterocycles. The topological polar surface area (TPSA) is 76.3 Å². The number of hydrogen-bond donors (Lipinski definition) is 1. The highest BCUT2D eigenvalue weighted by Crippen LogP contribution is 2.18. The largest absolute Gasteiger partial charge is 0.317 e. The Kier molecular flexibility index (Phi) is 6.17. The number of nitrogens with zero attached hydrogens (tertiary/aromatic N) is 3. The molecule has 0 radical (unpaired) electrons. The zero-order valence-corrected chi connectivity index (χ0v) is 16.2. The highest BCUT2D eigenvalue weighted by molar-refractivity contribution is 8.00. The van der Waals surface area contributed by atoms with Crippen LogP contribution in [0.2, 0.25) is 0 Å². The molecule has 0 fully saturated rings. The van der Waals surface area contributed by atoms with Crippen LogP contribution in [0.5, 0.6) is 0 Å². The number of anilines is 1. The van der Waals surface area contributed by atoms with Gasteiger partial charge in [0, 0.05) is 18.1 Å². The summed E-state index contributed by atoms with van der Waals surface area (Å²) in [7, 11) is 0. The number of hydrogen-bond acceptors (Lipinski definition) is 6. The van der Waals surface area contributed by atoms with Crippen molar-refractivity contribution in [2.75, 3.05) is 16.8 Å². The molecule has 3 aromatic rings. The molecule has 0 unspecified atom stereocenters. The molecule has 1 aromatic carbocycles. The number of halogens is 1. The second-order valence-electron chi connectivity index (χ2n) is 5.12. The minimum atomic E-state index is -0.328. The van der Waals surface area contributed by atoms with E-state index >= 15 is 0 Å². The van der Waals surface area contributed by atoms with Crippen LogP contribution in [0.15, 0.2) is 34.8 Å². The quantitative estimate of drug-likeness (QED) is 0.677. The molecule has 0 bridgehead atoms. The maximum absolute atomic E-state index is 13.4. The fourth-order valence-corrected chi connectivity index (χ4v) is 4.53. The van der Waals surface area contributed by atoms with Crippen LogP contribution in [-0.2, 0) is 16.1 Å². The van der Waals surface area contributed by atoms with Crippen molar-refractivity contribution >= 4 is 61.6 Å². The zero-order valence-electron chi connectivity index (χ0n) is 13.8. The Morgan fingerprint density at radius 2 is 2.23 bits per heavy atom. The smallest absolute Gasteiger partial charge is 0.258 e. The first kappa shape index (κ1) is 18.7. The molecule has 10 heteroatoms. The molecule has 6 nitrogen and oxygen atoms in total. The van der Waals surface area contributed by atoms with E-state index in [0.29, 0.717) is 16.5 Å². The summed E-state index contributed by atoms with van der Waals surface area (Å²) in [6.45, 7) is 2.57. The summed E-state index contributed by atoms with van der Waals surface area (Å²) in [6.07, 6.45) is 1.61. The van der Waals surface area contributed by atoms with Gasteiger partial charge < -0.3 is 9.88 Å². The van der Waals surface area contributed by atoms with Crippen molar-refractivity contribution in [3.8, 4) is 0 Å². The van der Waals surface area contributed by atoms with Gasteiger partial charge in [-0.3, -0.25) is 9.59 Å². The van der Waals surface area contributed by atoms with Crippen LogP contribution in [0.25, 0.3) is 10.2 Å². The van der Waals surface area contributed by atoms with Crippen LogP contribution in [-0.4, -0.2) is 32.9 Å². The first-order valence-electron chi connectivity index (χ1n) is 7.70. The number of aromatic nitrogens is 2. The Labute approximate surface area is 160 Å². The second kappa shape index (κ2) is 8.56. The molecular weight excluding hydrogens is 395 g/mol. The Morgan fingerprint density at radius 3 is 2.96 bits per heavy atom. The van der Waals surface area contributed by atoms with Gasteiger partial charge in [0.1, 0.15) is 5.82 Å². The maximum Gasteiger partial charge on any atom is 0.258 e. The van der Waals surface area contributed by atoms with Crippen molar-refractivity contribution < 1.29 is 14.0 Å². The predicted molar refractivity (Wildman–Crippen MR) is 104 cm³/mol. The third-order valence-corrected chi connectivity index (χ3v) is 5.97. The van der Waals surface area contributed by atoms with Gasteiger partial charge in [-0.1, -0.05) is 11.3 Å². The summed E-state index contributed by atoms with van der Waals surface area (Å²) in [4.78, 5) is 32.5. The predicted octanol–water partition coefficient (Wildman–Crippen LogP) is 3.12. The molecule has 3 rings (SSSR count). The van der Waals surface area contributed by atoms with Crippen LogP contribution in [0.1, 0.15) is 6.92 Å². The molecular formula is C16H15FN4O2S3. The molecule has 2 amide bonds. The molecule has 0 aliphatic carbocycles. The van der Waals surface area contributed by atoms with Crippen LogP contribution in [0.4, 0.5) is 9.52 Å². The molecule has 0 saturated carbocycles. The number of fused-ring (bicyclic) bond motifs is 1. The molecule has 0 spiro atoms. The standard InChI is InChI=1S/C16H15FN4O2S3/c1-2-21-11-4-3-10(17)7-12(11)26-16(21)20-14(23)9-24-8-13(22)19-15-18-5-6-25-15/h3-7H,2,8-9H2,1H3,(H,18,19,22). The fourth-order valence-electron chi connectivity index (χ4n) is 2.25. The first-order chi connectivity index (χ1) is 12.6. The molecule has 1 N–H and O–H groups in total. The monoisotopic (exact) mass is 410 g/mol. The van der Waals surface area contributed by atoms with Crippen LogP contribution in [0.3, 0.4) is 0 Å². The SMILES string of the molecule is CCn1c(=NC(=O)CSCC(=O)Nc2nccs2)sc2cc(F)ccc21. The van der Waals surface area contributed by atoms with Gasteiger partial charge in [-0.05, 0) is 25.1 Å². The minimum absolute atomic E-state index is 0.0949. The zero-order chi connectivity index (χ0) is 18.5. The lowest BCUT2D eigenvalue weighted by atomic mass is 10.3. The second-order valence-corrected chi connectivity index (χ2v) is 8.01. The number of aryl methyl sites for hydroxylation is 1. The Balaban J connectivity index is 1.63. The summed E-state index contributed by atoms with van der Waals surface area (Å²) in [5.74, 6) is -0.615. The molecule has 2 heterocycles. The van der Waals surface area contributed by atoms with E-state index in [9.17, 15) is 14.0 Å². The van der Waals surface area contributed by atoms with Crippen LogP contribution < -0.4 is 10.1 Å². The average Bonchev–Trinajstić information content (AvgIpc) is 3.21. The van der Waals surface area contributed by atoms with Gasteiger partial charge in [-0.25, -0.2) is 9.37 Å².